The van der Waals surface area contributed by atoms with Gasteiger partial charge in [-0.3, -0.25) is 0 Å². The number of ether oxygens (including phenoxy) is 2. The van der Waals surface area contributed by atoms with E-state index in [1.54, 1.807) is 12.1 Å². The van der Waals surface area contributed by atoms with Crippen molar-refractivity contribution in [3.05, 3.63) is 65.2 Å². The van der Waals surface area contributed by atoms with Crippen molar-refractivity contribution in [3.8, 4) is 17.6 Å². The van der Waals surface area contributed by atoms with E-state index in [1.165, 1.54) is 30.0 Å². The third kappa shape index (κ3) is 8.26. The number of aliphatic carboxylic acids is 1. The van der Waals surface area contributed by atoms with Crippen LogP contribution in [-0.4, -0.2) is 30.0 Å². The van der Waals surface area contributed by atoms with Crippen molar-refractivity contribution in [1.29, 1.82) is 5.26 Å². The molecule has 2 aromatic carbocycles. The first kappa shape index (κ1) is 24.2. The highest BCUT2D eigenvalue weighted by Crippen LogP contribution is 2.30. The van der Waals surface area contributed by atoms with E-state index < -0.39 is 24.3 Å². The lowest BCUT2D eigenvalue weighted by molar-refractivity contribution is -0.139. The Labute approximate surface area is 182 Å². The van der Waals surface area contributed by atoms with Crippen LogP contribution in [0.1, 0.15) is 17.5 Å². The van der Waals surface area contributed by atoms with Gasteiger partial charge in [-0.05, 0) is 60.5 Å². The molecule has 0 bridgehead atoms. The Morgan fingerprint density at radius 1 is 1.19 bits per heavy atom. The molecule has 0 atom stereocenters. The summed E-state index contributed by atoms with van der Waals surface area (Å²) in [6.07, 6.45) is -2.52. The van der Waals surface area contributed by atoms with Crippen LogP contribution in [0.25, 0.3) is 0 Å². The smallest absolute Gasteiger partial charge is 0.416 e. The summed E-state index contributed by atoms with van der Waals surface area (Å²) in [7, 11) is 0. The van der Waals surface area contributed by atoms with Gasteiger partial charge in [-0.2, -0.15) is 18.4 Å². The van der Waals surface area contributed by atoms with E-state index in [-0.39, 0.29) is 6.61 Å². The average Bonchev–Trinajstić information content (AvgIpc) is 2.71. The van der Waals surface area contributed by atoms with Crippen LogP contribution in [0.3, 0.4) is 0 Å². The van der Waals surface area contributed by atoms with Crippen LogP contribution in [0.2, 0.25) is 0 Å². The second kappa shape index (κ2) is 11.3. The van der Waals surface area contributed by atoms with E-state index in [0.29, 0.717) is 23.7 Å². The number of rotatable bonds is 10. The lowest BCUT2D eigenvalue weighted by atomic mass is 10.2. The van der Waals surface area contributed by atoms with Crippen molar-refractivity contribution < 1.29 is 32.5 Å². The Morgan fingerprint density at radius 2 is 1.90 bits per heavy atom. The van der Waals surface area contributed by atoms with E-state index >= 15 is 0 Å². The number of alkyl halides is 3. The first-order valence-corrected chi connectivity index (χ1v) is 10.1. The second-order valence-electron chi connectivity index (χ2n) is 6.45. The minimum absolute atomic E-state index is 0.223. The predicted molar refractivity (Wildman–Crippen MR) is 110 cm³/mol. The van der Waals surface area contributed by atoms with E-state index in [1.807, 2.05) is 19.1 Å². The van der Waals surface area contributed by atoms with E-state index in [0.717, 1.165) is 28.2 Å². The van der Waals surface area contributed by atoms with Gasteiger partial charge in [0, 0.05) is 23.1 Å². The molecule has 0 saturated carbocycles. The Bertz CT molecular complexity index is 966. The minimum atomic E-state index is -4.39. The molecule has 0 unspecified atom stereocenters. The van der Waals surface area contributed by atoms with Crippen molar-refractivity contribution in [2.24, 2.45) is 0 Å². The molecule has 31 heavy (non-hydrogen) atoms. The number of nitriles is 1. The third-order valence-electron chi connectivity index (χ3n) is 4.06. The number of hydrogen-bond donors (Lipinski definition) is 1. The number of aryl methyl sites for hydroxylation is 1. The Morgan fingerprint density at radius 3 is 2.48 bits per heavy atom. The lowest BCUT2D eigenvalue weighted by Gasteiger charge is -2.11. The Kier molecular flexibility index (Phi) is 8.82. The zero-order valence-corrected chi connectivity index (χ0v) is 17.4. The first-order chi connectivity index (χ1) is 14.7. The molecule has 0 aromatic heterocycles. The summed E-state index contributed by atoms with van der Waals surface area (Å²) >= 11 is 1.49. The van der Waals surface area contributed by atoms with Crippen LogP contribution in [0.4, 0.5) is 13.2 Å². The maximum absolute atomic E-state index is 12.6. The number of allylic oxidation sites excluding steroid dienone is 1. The van der Waals surface area contributed by atoms with Crippen LogP contribution in [0, 0.1) is 18.3 Å². The molecule has 2 aromatic rings. The van der Waals surface area contributed by atoms with Crippen molar-refractivity contribution in [1.82, 2.24) is 0 Å². The summed E-state index contributed by atoms with van der Waals surface area (Å²) in [4.78, 5) is 11.5. The zero-order chi connectivity index (χ0) is 22.9. The molecular weight excluding hydrogens is 431 g/mol. The van der Waals surface area contributed by atoms with Crippen molar-refractivity contribution in [2.75, 3.05) is 19.0 Å². The number of halogens is 3. The molecule has 0 fully saturated rings. The Balaban J connectivity index is 1.87. The summed E-state index contributed by atoms with van der Waals surface area (Å²) in [6.45, 7) is 1.62. The predicted octanol–water partition coefficient (Wildman–Crippen LogP) is 5.49. The molecule has 0 aliphatic heterocycles. The normalized spacial score (nSPS) is 11.6. The number of nitrogens with zero attached hydrogens (tertiary/aromatic N) is 1. The standard InChI is InChI=1S/C22H20F3NO4S/c1-15-12-19(6-7-20(15)30-13-21(27)28)31-14-16(8-10-26)9-11-29-18-4-2-17(3-5-18)22(23,24)25/h2-8,12H,9,11,13-14H2,1H3,(H,27,28)/b16-8+. The number of carboxylic acid groups (broad SMARTS) is 1. The molecule has 0 aliphatic rings. The number of thioether (sulfide) groups is 1. The van der Waals surface area contributed by atoms with Crippen LogP contribution in [0.15, 0.2) is 59.0 Å². The fraction of sp³-hybridized carbons (Fsp3) is 0.273. The highest BCUT2D eigenvalue weighted by molar-refractivity contribution is 7.99. The second-order valence-corrected chi connectivity index (χ2v) is 7.50. The fourth-order valence-corrected chi connectivity index (χ4v) is 3.51. The topological polar surface area (TPSA) is 79.5 Å². The molecule has 5 nitrogen and oxygen atoms in total. The molecule has 0 spiro atoms. The number of carboxylic acids is 1. The summed E-state index contributed by atoms with van der Waals surface area (Å²) in [5, 5.41) is 17.7. The molecule has 9 heteroatoms. The van der Waals surface area contributed by atoms with Crippen molar-refractivity contribution in [2.45, 2.75) is 24.4 Å². The van der Waals surface area contributed by atoms with Gasteiger partial charge in [0.2, 0.25) is 0 Å². The number of hydrogen-bond acceptors (Lipinski definition) is 5. The van der Waals surface area contributed by atoms with Crippen molar-refractivity contribution in [3.63, 3.8) is 0 Å². The van der Waals surface area contributed by atoms with Gasteiger partial charge < -0.3 is 14.6 Å². The van der Waals surface area contributed by atoms with Crippen LogP contribution in [0.5, 0.6) is 11.5 Å². The zero-order valence-electron chi connectivity index (χ0n) is 16.6. The van der Waals surface area contributed by atoms with E-state index in [9.17, 15) is 18.0 Å². The molecule has 0 radical (unpaired) electrons. The van der Waals surface area contributed by atoms with Gasteiger partial charge in [0.1, 0.15) is 11.5 Å². The van der Waals surface area contributed by atoms with Gasteiger partial charge in [0.05, 0.1) is 18.2 Å². The van der Waals surface area contributed by atoms with Gasteiger partial charge in [-0.15, -0.1) is 11.8 Å². The van der Waals surface area contributed by atoms with Gasteiger partial charge in [-0.1, -0.05) is 0 Å². The highest BCUT2D eigenvalue weighted by atomic mass is 32.2. The SMILES string of the molecule is Cc1cc(SC/C(=C/C#N)CCOc2ccc(C(F)(F)F)cc2)ccc1OCC(=O)O. The molecule has 0 aliphatic carbocycles. The van der Waals surface area contributed by atoms with Gasteiger partial charge in [-0.25, -0.2) is 4.79 Å². The van der Waals surface area contributed by atoms with Gasteiger partial charge in [0.15, 0.2) is 6.61 Å². The maximum atomic E-state index is 12.6. The molecule has 0 amide bonds. The Hall–Kier alpha value is -3.12. The molecule has 2 rings (SSSR count). The quantitative estimate of drug-likeness (QED) is 0.380. The van der Waals surface area contributed by atoms with E-state index in [4.69, 9.17) is 19.8 Å². The molecule has 0 heterocycles. The minimum Gasteiger partial charge on any atom is -0.493 e. The van der Waals surface area contributed by atoms with Gasteiger partial charge >= 0.3 is 12.1 Å². The molecular formula is C22H20F3NO4S. The summed E-state index contributed by atoms with van der Waals surface area (Å²) in [6, 6.07) is 11.8. The maximum Gasteiger partial charge on any atom is 0.416 e. The summed E-state index contributed by atoms with van der Waals surface area (Å²) in [5.74, 6) is 0.287. The van der Waals surface area contributed by atoms with Crippen LogP contribution >= 0.6 is 11.8 Å². The van der Waals surface area contributed by atoms with Crippen LogP contribution < -0.4 is 9.47 Å². The third-order valence-corrected chi connectivity index (χ3v) is 5.17. The molecule has 1 N–H and O–H groups in total. The van der Waals surface area contributed by atoms with Crippen LogP contribution in [-0.2, 0) is 11.0 Å². The summed E-state index contributed by atoms with van der Waals surface area (Å²) in [5.41, 5.74) is 0.877. The monoisotopic (exact) mass is 451 g/mol. The summed E-state index contributed by atoms with van der Waals surface area (Å²) < 4.78 is 48.5. The van der Waals surface area contributed by atoms with Gasteiger partial charge in [0.25, 0.3) is 0 Å². The van der Waals surface area contributed by atoms with E-state index in [2.05, 4.69) is 0 Å². The lowest BCUT2D eigenvalue weighted by Crippen LogP contribution is -2.10. The highest BCUT2D eigenvalue weighted by Gasteiger charge is 2.30. The largest absolute Gasteiger partial charge is 0.493 e. The number of benzene rings is 2. The average molecular weight is 451 g/mol. The van der Waals surface area contributed by atoms with Crippen molar-refractivity contribution >= 4 is 17.7 Å². The first-order valence-electron chi connectivity index (χ1n) is 9.14. The fourth-order valence-electron chi connectivity index (χ4n) is 2.51. The number of carbonyl (C=O) groups is 1. The molecule has 0 saturated heterocycles. The molecule has 164 valence electrons.